The van der Waals surface area contributed by atoms with Crippen LogP contribution in [0.3, 0.4) is 0 Å². The minimum Gasteiger partial charge on any atom is -0.465 e. The van der Waals surface area contributed by atoms with Gasteiger partial charge in [-0.2, -0.15) is 0 Å². The van der Waals surface area contributed by atoms with Crippen molar-refractivity contribution in [1.82, 2.24) is 4.98 Å². The molecule has 0 bridgehead atoms. The maximum Gasteiger partial charge on any atom is 0.350 e. The summed E-state index contributed by atoms with van der Waals surface area (Å²) in [5, 5.41) is 4.16. The van der Waals surface area contributed by atoms with Gasteiger partial charge >= 0.3 is 5.97 Å². The number of rotatable bonds is 4. The SMILES string of the molecule is COC(=O)c1sc(NCC2C(C)(C)C2(C)C)nc1C. The summed E-state index contributed by atoms with van der Waals surface area (Å²) in [6, 6.07) is 0. The molecular formula is C14H22N2O2S. The van der Waals surface area contributed by atoms with Crippen LogP contribution in [0.5, 0.6) is 0 Å². The molecule has 19 heavy (non-hydrogen) atoms. The van der Waals surface area contributed by atoms with Crippen LogP contribution >= 0.6 is 11.3 Å². The fourth-order valence-electron chi connectivity index (χ4n) is 2.79. The first-order valence-corrected chi connectivity index (χ1v) is 7.33. The molecule has 1 fully saturated rings. The second kappa shape index (κ2) is 4.47. The van der Waals surface area contributed by atoms with Crippen molar-refractivity contribution in [3.05, 3.63) is 10.6 Å². The van der Waals surface area contributed by atoms with E-state index in [4.69, 9.17) is 4.74 Å². The van der Waals surface area contributed by atoms with E-state index in [0.29, 0.717) is 21.6 Å². The van der Waals surface area contributed by atoms with Crippen molar-refractivity contribution in [3.8, 4) is 0 Å². The number of esters is 1. The van der Waals surface area contributed by atoms with Gasteiger partial charge < -0.3 is 10.1 Å². The molecule has 0 atom stereocenters. The van der Waals surface area contributed by atoms with Crippen LogP contribution in [0.15, 0.2) is 0 Å². The van der Waals surface area contributed by atoms with Crippen LogP contribution in [-0.4, -0.2) is 24.6 Å². The quantitative estimate of drug-likeness (QED) is 0.861. The number of ether oxygens (including phenoxy) is 1. The molecule has 1 aromatic heterocycles. The van der Waals surface area contributed by atoms with Crippen molar-refractivity contribution in [2.24, 2.45) is 16.7 Å². The van der Waals surface area contributed by atoms with Crippen molar-refractivity contribution in [2.75, 3.05) is 19.0 Å². The Bertz CT molecular complexity index is 492. The molecule has 4 nitrogen and oxygen atoms in total. The number of nitrogens with zero attached hydrogens (tertiary/aromatic N) is 1. The molecule has 1 heterocycles. The van der Waals surface area contributed by atoms with E-state index in [0.717, 1.165) is 17.4 Å². The van der Waals surface area contributed by atoms with Crippen LogP contribution in [0, 0.1) is 23.7 Å². The Kier molecular flexibility index (Phi) is 3.37. The number of carbonyl (C=O) groups is 1. The average molecular weight is 282 g/mol. The zero-order valence-corrected chi connectivity index (χ0v) is 13.3. The summed E-state index contributed by atoms with van der Waals surface area (Å²) in [4.78, 5) is 16.5. The zero-order valence-electron chi connectivity index (χ0n) is 12.5. The number of thiazole rings is 1. The van der Waals surface area contributed by atoms with Gasteiger partial charge in [0.2, 0.25) is 0 Å². The van der Waals surface area contributed by atoms with Crippen molar-refractivity contribution >= 4 is 22.4 Å². The van der Waals surface area contributed by atoms with Crippen molar-refractivity contribution in [2.45, 2.75) is 34.6 Å². The Morgan fingerprint density at radius 1 is 1.37 bits per heavy atom. The Labute approximate surface area is 118 Å². The molecule has 0 spiro atoms. The van der Waals surface area contributed by atoms with E-state index in [1.54, 1.807) is 0 Å². The molecule has 1 N–H and O–H groups in total. The molecule has 0 saturated heterocycles. The fourth-order valence-corrected chi connectivity index (χ4v) is 3.68. The van der Waals surface area contributed by atoms with E-state index < -0.39 is 0 Å². The van der Waals surface area contributed by atoms with Gasteiger partial charge in [-0.15, -0.1) is 0 Å². The lowest BCUT2D eigenvalue weighted by Gasteiger charge is -2.04. The van der Waals surface area contributed by atoms with E-state index >= 15 is 0 Å². The molecule has 0 unspecified atom stereocenters. The first-order chi connectivity index (χ1) is 8.71. The van der Waals surface area contributed by atoms with Crippen molar-refractivity contribution < 1.29 is 9.53 Å². The molecule has 5 heteroatoms. The Balaban J connectivity index is 2.01. The predicted octanol–water partition coefficient (Wildman–Crippen LogP) is 3.33. The Morgan fingerprint density at radius 3 is 2.42 bits per heavy atom. The largest absolute Gasteiger partial charge is 0.465 e. The Morgan fingerprint density at radius 2 is 1.95 bits per heavy atom. The van der Waals surface area contributed by atoms with E-state index in [1.165, 1.54) is 18.4 Å². The highest BCUT2D eigenvalue weighted by Crippen LogP contribution is 2.68. The number of anilines is 1. The molecule has 1 aliphatic carbocycles. The van der Waals surface area contributed by atoms with Crippen LogP contribution in [0.2, 0.25) is 0 Å². The highest BCUT2D eigenvalue weighted by molar-refractivity contribution is 7.17. The molecule has 1 aromatic rings. The maximum absolute atomic E-state index is 11.5. The molecule has 0 amide bonds. The minimum absolute atomic E-state index is 0.310. The number of hydrogen-bond acceptors (Lipinski definition) is 5. The van der Waals surface area contributed by atoms with E-state index in [2.05, 4.69) is 38.0 Å². The third-order valence-electron chi connectivity index (χ3n) is 4.94. The molecule has 0 aliphatic heterocycles. The normalized spacial score (nSPS) is 20.1. The summed E-state index contributed by atoms with van der Waals surface area (Å²) in [6.07, 6.45) is 0. The zero-order chi connectivity index (χ0) is 14.4. The number of carbonyl (C=O) groups excluding carboxylic acids is 1. The lowest BCUT2D eigenvalue weighted by atomic mass is 10.0. The molecule has 0 radical (unpaired) electrons. The summed E-state index contributed by atoms with van der Waals surface area (Å²) in [6.45, 7) is 11.9. The lowest BCUT2D eigenvalue weighted by molar-refractivity contribution is 0.0605. The van der Waals surface area contributed by atoms with Crippen LogP contribution in [0.1, 0.15) is 43.1 Å². The summed E-state index contributed by atoms with van der Waals surface area (Å²) < 4.78 is 4.74. The summed E-state index contributed by atoms with van der Waals surface area (Å²) >= 11 is 1.37. The number of methoxy groups -OCH3 is 1. The molecule has 2 rings (SSSR count). The first-order valence-electron chi connectivity index (χ1n) is 6.51. The number of aromatic nitrogens is 1. The van der Waals surface area contributed by atoms with E-state index in [1.807, 2.05) is 6.92 Å². The molecule has 1 aliphatic rings. The molecule has 0 aromatic carbocycles. The molecule has 106 valence electrons. The fraction of sp³-hybridized carbons (Fsp3) is 0.714. The van der Waals surface area contributed by atoms with Crippen molar-refractivity contribution in [3.63, 3.8) is 0 Å². The van der Waals surface area contributed by atoms with Gasteiger partial charge in [0.05, 0.1) is 12.8 Å². The van der Waals surface area contributed by atoms with Crippen LogP contribution in [-0.2, 0) is 4.74 Å². The standard InChI is InChI=1S/C14H22N2O2S/c1-8-10(11(17)18-6)19-12(16-8)15-7-9-13(2,3)14(9,4)5/h9H,7H2,1-6H3,(H,15,16). The van der Waals surface area contributed by atoms with Gasteiger partial charge in [-0.1, -0.05) is 39.0 Å². The summed E-state index contributed by atoms with van der Waals surface area (Å²) in [5.41, 5.74) is 1.45. The second-order valence-electron chi connectivity index (χ2n) is 6.30. The van der Waals surface area contributed by atoms with Gasteiger partial charge in [-0.25, -0.2) is 9.78 Å². The molecule has 1 saturated carbocycles. The third kappa shape index (κ3) is 2.24. The number of nitrogens with one attached hydrogen (secondary N) is 1. The van der Waals surface area contributed by atoms with Gasteiger partial charge in [0.1, 0.15) is 4.88 Å². The van der Waals surface area contributed by atoms with E-state index in [-0.39, 0.29) is 5.97 Å². The Hall–Kier alpha value is -1.10. The van der Waals surface area contributed by atoms with Gasteiger partial charge in [0.15, 0.2) is 5.13 Å². The third-order valence-corrected chi connectivity index (χ3v) is 6.04. The van der Waals surface area contributed by atoms with Crippen molar-refractivity contribution in [1.29, 1.82) is 0 Å². The van der Waals surface area contributed by atoms with Gasteiger partial charge in [-0.3, -0.25) is 0 Å². The number of aryl methyl sites for hydroxylation is 1. The van der Waals surface area contributed by atoms with Gasteiger partial charge in [0.25, 0.3) is 0 Å². The summed E-state index contributed by atoms with van der Waals surface area (Å²) in [7, 11) is 1.39. The van der Waals surface area contributed by atoms with Crippen LogP contribution < -0.4 is 5.32 Å². The highest BCUT2D eigenvalue weighted by Gasteiger charge is 2.64. The maximum atomic E-state index is 11.5. The minimum atomic E-state index is -0.310. The predicted molar refractivity (Wildman–Crippen MR) is 77.7 cm³/mol. The topological polar surface area (TPSA) is 51.2 Å². The van der Waals surface area contributed by atoms with Gasteiger partial charge in [-0.05, 0) is 23.7 Å². The first kappa shape index (κ1) is 14.3. The smallest absolute Gasteiger partial charge is 0.350 e. The lowest BCUT2D eigenvalue weighted by Crippen LogP contribution is -2.07. The van der Waals surface area contributed by atoms with Crippen LogP contribution in [0.4, 0.5) is 5.13 Å². The second-order valence-corrected chi connectivity index (χ2v) is 7.30. The van der Waals surface area contributed by atoms with Gasteiger partial charge in [0, 0.05) is 6.54 Å². The van der Waals surface area contributed by atoms with Crippen LogP contribution in [0.25, 0.3) is 0 Å². The van der Waals surface area contributed by atoms with E-state index in [9.17, 15) is 4.79 Å². The summed E-state index contributed by atoms with van der Waals surface area (Å²) in [5.74, 6) is 0.320. The highest BCUT2D eigenvalue weighted by atomic mass is 32.1. The monoisotopic (exact) mass is 282 g/mol. The molecular weight excluding hydrogens is 260 g/mol. The average Bonchev–Trinajstić information content (AvgIpc) is 2.63. The number of hydrogen-bond donors (Lipinski definition) is 1.